The lowest BCUT2D eigenvalue weighted by Crippen LogP contribution is -2.47. The van der Waals surface area contributed by atoms with Crippen molar-refractivity contribution in [3.63, 3.8) is 0 Å². The number of nitrogens with one attached hydrogen (secondary N) is 2. The van der Waals surface area contributed by atoms with Gasteiger partial charge in [0, 0.05) is 39.1 Å². The van der Waals surface area contributed by atoms with Gasteiger partial charge >= 0.3 is 0 Å². The fraction of sp³-hybridized carbons (Fsp3) is 0.562. The van der Waals surface area contributed by atoms with Crippen molar-refractivity contribution in [1.29, 1.82) is 0 Å². The molecule has 1 aromatic rings. The summed E-state index contributed by atoms with van der Waals surface area (Å²) >= 11 is 0. The summed E-state index contributed by atoms with van der Waals surface area (Å²) in [5.41, 5.74) is 1.32. The van der Waals surface area contributed by atoms with Gasteiger partial charge in [-0.1, -0.05) is 30.3 Å². The molecule has 0 bridgehead atoms. The fourth-order valence-electron chi connectivity index (χ4n) is 2.44. The standard InChI is InChI=1S/C16H25N3O2.2ClH/c1-17-8-7-16(20)18-11-15-13-19(9-10-21-15)12-14-5-3-2-4-6-14;;/h2-6,15,17H,7-13H2,1H3,(H,18,20);2*1H. The van der Waals surface area contributed by atoms with Gasteiger partial charge in [0.15, 0.2) is 0 Å². The molecule has 0 spiro atoms. The lowest BCUT2D eigenvalue weighted by atomic mass is 10.2. The summed E-state index contributed by atoms with van der Waals surface area (Å²) in [6.45, 7) is 4.77. The number of carbonyl (C=O) groups is 1. The van der Waals surface area contributed by atoms with E-state index in [0.717, 1.165) is 26.2 Å². The van der Waals surface area contributed by atoms with Crippen molar-refractivity contribution < 1.29 is 9.53 Å². The van der Waals surface area contributed by atoms with E-state index in [0.29, 0.717) is 19.5 Å². The Bertz CT molecular complexity index is 435. The van der Waals surface area contributed by atoms with E-state index in [4.69, 9.17) is 4.74 Å². The molecule has 7 heteroatoms. The van der Waals surface area contributed by atoms with Gasteiger partial charge in [0.25, 0.3) is 0 Å². The van der Waals surface area contributed by atoms with Crippen LogP contribution in [-0.4, -0.2) is 56.7 Å². The van der Waals surface area contributed by atoms with E-state index >= 15 is 0 Å². The second kappa shape index (κ2) is 12.6. The Labute approximate surface area is 151 Å². The van der Waals surface area contributed by atoms with Crippen molar-refractivity contribution in [3.05, 3.63) is 35.9 Å². The van der Waals surface area contributed by atoms with Crippen molar-refractivity contribution >= 4 is 30.7 Å². The van der Waals surface area contributed by atoms with Gasteiger partial charge in [-0.05, 0) is 12.6 Å². The zero-order valence-corrected chi connectivity index (χ0v) is 15.1. The van der Waals surface area contributed by atoms with Crippen LogP contribution >= 0.6 is 24.8 Å². The van der Waals surface area contributed by atoms with E-state index in [1.165, 1.54) is 5.56 Å². The molecule has 0 radical (unpaired) electrons. The Morgan fingerprint density at radius 1 is 1.30 bits per heavy atom. The molecule has 1 aromatic carbocycles. The number of ether oxygens (including phenoxy) is 1. The van der Waals surface area contributed by atoms with Gasteiger partial charge in [0.05, 0.1) is 12.7 Å². The van der Waals surface area contributed by atoms with Crippen LogP contribution in [0.5, 0.6) is 0 Å². The minimum Gasteiger partial charge on any atom is -0.374 e. The number of benzene rings is 1. The summed E-state index contributed by atoms with van der Waals surface area (Å²) in [5, 5.41) is 5.91. The average Bonchev–Trinajstić information content (AvgIpc) is 2.52. The highest BCUT2D eigenvalue weighted by atomic mass is 35.5. The van der Waals surface area contributed by atoms with Gasteiger partial charge in [0.2, 0.25) is 5.91 Å². The molecular weight excluding hydrogens is 337 g/mol. The van der Waals surface area contributed by atoms with E-state index in [1.807, 2.05) is 13.1 Å². The summed E-state index contributed by atoms with van der Waals surface area (Å²) < 4.78 is 5.73. The number of amides is 1. The normalized spacial score (nSPS) is 17.7. The fourth-order valence-corrected chi connectivity index (χ4v) is 2.44. The molecule has 1 aliphatic rings. The van der Waals surface area contributed by atoms with Crippen LogP contribution in [0.2, 0.25) is 0 Å². The Balaban J connectivity index is 0.00000242. The molecule has 1 aliphatic heterocycles. The average molecular weight is 364 g/mol. The first-order valence-electron chi connectivity index (χ1n) is 7.57. The maximum Gasteiger partial charge on any atom is 0.221 e. The molecule has 132 valence electrons. The Morgan fingerprint density at radius 3 is 2.74 bits per heavy atom. The molecule has 0 saturated carbocycles. The van der Waals surface area contributed by atoms with Crippen LogP contribution in [0.1, 0.15) is 12.0 Å². The maximum atomic E-state index is 11.6. The zero-order valence-electron chi connectivity index (χ0n) is 13.5. The SMILES string of the molecule is CNCCC(=O)NCC1CN(Cc2ccccc2)CCO1.Cl.Cl. The van der Waals surface area contributed by atoms with Gasteiger partial charge in [-0.25, -0.2) is 0 Å². The number of hydrogen-bond acceptors (Lipinski definition) is 4. The van der Waals surface area contributed by atoms with Gasteiger partial charge in [-0.15, -0.1) is 24.8 Å². The van der Waals surface area contributed by atoms with Crippen LogP contribution in [0.15, 0.2) is 30.3 Å². The number of halogens is 2. The predicted molar refractivity (Wildman–Crippen MR) is 97.5 cm³/mol. The molecule has 2 rings (SSSR count). The van der Waals surface area contributed by atoms with Crippen LogP contribution in [0.4, 0.5) is 0 Å². The minimum absolute atomic E-state index is 0. The number of hydrogen-bond donors (Lipinski definition) is 2. The summed E-state index contributed by atoms with van der Waals surface area (Å²) in [4.78, 5) is 14.0. The molecular formula is C16H27Cl2N3O2. The smallest absolute Gasteiger partial charge is 0.221 e. The monoisotopic (exact) mass is 363 g/mol. The lowest BCUT2D eigenvalue weighted by Gasteiger charge is -2.33. The summed E-state index contributed by atoms with van der Waals surface area (Å²) in [6.07, 6.45) is 0.595. The highest BCUT2D eigenvalue weighted by molar-refractivity contribution is 5.85. The van der Waals surface area contributed by atoms with Gasteiger partial charge in [0.1, 0.15) is 0 Å². The first kappa shape index (κ1) is 22.1. The second-order valence-corrected chi connectivity index (χ2v) is 5.37. The summed E-state index contributed by atoms with van der Waals surface area (Å²) in [6, 6.07) is 10.4. The van der Waals surface area contributed by atoms with Gasteiger partial charge < -0.3 is 15.4 Å². The largest absolute Gasteiger partial charge is 0.374 e. The predicted octanol–water partition coefficient (Wildman–Crippen LogP) is 1.46. The first-order valence-corrected chi connectivity index (χ1v) is 7.57. The molecule has 1 heterocycles. The number of rotatable bonds is 7. The third-order valence-corrected chi connectivity index (χ3v) is 3.60. The topological polar surface area (TPSA) is 53.6 Å². The van der Waals surface area contributed by atoms with E-state index < -0.39 is 0 Å². The van der Waals surface area contributed by atoms with Crippen LogP contribution < -0.4 is 10.6 Å². The van der Waals surface area contributed by atoms with Gasteiger partial charge in [-0.3, -0.25) is 9.69 Å². The molecule has 2 N–H and O–H groups in total. The van der Waals surface area contributed by atoms with E-state index in [2.05, 4.69) is 39.8 Å². The Morgan fingerprint density at radius 2 is 2.04 bits per heavy atom. The van der Waals surface area contributed by atoms with Crippen LogP contribution in [-0.2, 0) is 16.1 Å². The van der Waals surface area contributed by atoms with Crippen LogP contribution in [0.3, 0.4) is 0 Å². The third-order valence-electron chi connectivity index (χ3n) is 3.60. The molecule has 1 fully saturated rings. The minimum atomic E-state index is 0. The lowest BCUT2D eigenvalue weighted by molar-refractivity contribution is -0.122. The van der Waals surface area contributed by atoms with Gasteiger partial charge in [-0.2, -0.15) is 0 Å². The van der Waals surface area contributed by atoms with Crippen molar-refractivity contribution in [1.82, 2.24) is 15.5 Å². The second-order valence-electron chi connectivity index (χ2n) is 5.37. The molecule has 1 amide bonds. The van der Waals surface area contributed by atoms with Crippen molar-refractivity contribution in [3.8, 4) is 0 Å². The number of morpholine rings is 1. The molecule has 0 aromatic heterocycles. The third kappa shape index (κ3) is 8.53. The van der Waals surface area contributed by atoms with Crippen LogP contribution in [0.25, 0.3) is 0 Å². The molecule has 1 saturated heterocycles. The quantitative estimate of drug-likeness (QED) is 0.769. The van der Waals surface area contributed by atoms with Crippen molar-refractivity contribution in [2.24, 2.45) is 0 Å². The molecule has 23 heavy (non-hydrogen) atoms. The molecule has 0 aliphatic carbocycles. The maximum absolute atomic E-state index is 11.6. The molecule has 1 atom stereocenters. The molecule has 1 unspecified atom stereocenters. The first-order chi connectivity index (χ1) is 10.3. The van der Waals surface area contributed by atoms with Crippen molar-refractivity contribution in [2.75, 3.05) is 39.8 Å². The number of nitrogens with zero attached hydrogens (tertiary/aromatic N) is 1. The highest BCUT2D eigenvalue weighted by Gasteiger charge is 2.20. The van der Waals surface area contributed by atoms with E-state index in [-0.39, 0.29) is 36.8 Å². The highest BCUT2D eigenvalue weighted by Crippen LogP contribution is 2.10. The Kier molecular flexibility index (Phi) is 12.1. The van der Waals surface area contributed by atoms with E-state index in [1.54, 1.807) is 0 Å². The number of carbonyl (C=O) groups excluding carboxylic acids is 1. The zero-order chi connectivity index (χ0) is 14.9. The summed E-state index contributed by atoms with van der Waals surface area (Å²) in [5.74, 6) is 0.0770. The molecule has 5 nitrogen and oxygen atoms in total. The van der Waals surface area contributed by atoms with Crippen molar-refractivity contribution in [2.45, 2.75) is 19.1 Å². The summed E-state index contributed by atoms with van der Waals surface area (Å²) in [7, 11) is 1.85. The Hall–Kier alpha value is -0.850. The van der Waals surface area contributed by atoms with E-state index in [9.17, 15) is 4.79 Å². The van der Waals surface area contributed by atoms with Crippen LogP contribution in [0, 0.1) is 0 Å².